The number of aromatic nitrogens is 1. The maximum atomic E-state index is 13.5. The number of halogens is 1. The van der Waals surface area contributed by atoms with E-state index < -0.39 is 18.5 Å². The molecule has 0 saturated carbocycles. The van der Waals surface area contributed by atoms with E-state index >= 15 is 0 Å². The van der Waals surface area contributed by atoms with Gasteiger partial charge in [0.1, 0.15) is 5.82 Å². The number of hydrogen-bond acceptors (Lipinski definition) is 5. The van der Waals surface area contributed by atoms with Crippen molar-refractivity contribution < 1.29 is 23.1 Å². The first kappa shape index (κ1) is 21.2. The quantitative estimate of drug-likeness (QED) is 0.570. The average molecular weight is 410 g/mol. The number of carbonyl (C=O) groups is 2. The zero-order valence-electron chi connectivity index (χ0n) is 16.9. The fraction of sp³-hybridized carbons (Fsp3) is 0.261. The SMILES string of the molecule is Cc1ccc(-c2cnc(CCC(=O)OCC(=O)NCc3ccc(C)c(F)c3)o2)cc1. The number of nitrogens with one attached hydrogen (secondary N) is 1. The van der Waals surface area contributed by atoms with E-state index in [0.29, 0.717) is 22.8 Å². The number of esters is 1. The third-order valence-electron chi connectivity index (χ3n) is 4.52. The van der Waals surface area contributed by atoms with Crippen LogP contribution in [-0.2, 0) is 27.3 Å². The average Bonchev–Trinajstić information content (AvgIpc) is 3.21. The van der Waals surface area contributed by atoms with E-state index in [2.05, 4.69) is 10.3 Å². The minimum absolute atomic E-state index is 0.0459. The number of carbonyl (C=O) groups excluding carboxylic acids is 2. The first-order valence-electron chi connectivity index (χ1n) is 9.60. The summed E-state index contributed by atoms with van der Waals surface area (Å²) in [7, 11) is 0. The van der Waals surface area contributed by atoms with Gasteiger partial charge >= 0.3 is 5.97 Å². The standard InChI is InChI=1S/C23H23FN2O4/c1-15-3-7-18(8-4-15)20-13-26-22(30-20)9-10-23(28)29-14-21(27)25-12-17-6-5-16(2)19(24)11-17/h3-8,11,13H,9-10,12,14H2,1-2H3,(H,25,27). The lowest BCUT2D eigenvalue weighted by atomic mass is 10.1. The molecule has 0 spiro atoms. The molecule has 30 heavy (non-hydrogen) atoms. The van der Waals surface area contributed by atoms with Gasteiger partial charge in [0.05, 0.1) is 12.6 Å². The number of nitrogens with zero attached hydrogens (tertiary/aromatic N) is 1. The second-order valence-electron chi connectivity index (χ2n) is 7.01. The zero-order valence-corrected chi connectivity index (χ0v) is 16.9. The molecule has 1 heterocycles. The predicted octanol–water partition coefficient (Wildman–Crippen LogP) is 3.89. The van der Waals surface area contributed by atoms with Crippen LogP contribution in [0.15, 0.2) is 53.1 Å². The number of benzene rings is 2. The molecular weight excluding hydrogens is 387 g/mol. The maximum absolute atomic E-state index is 13.5. The monoisotopic (exact) mass is 410 g/mol. The summed E-state index contributed by atoms with van der Waals surface area (Å²) in [6.07, 6.45) is 1.94. The highest BCUT2D eigenvalue weighted by molar-refractivity contribution is 5.80. The highest BCUT2D eigenvalue weighted by Crippen LogP contribution is 2.21. The first-order chi connectivity index (χ1) is 14.4. The Morgan fingerprint density at radius 1 is 1.13 bits per heavy atom. The van der Waals surface area contributed by atoms with Crippen molar-refractivity contribution in [3.05, 3.63) is 77.1 Å². The Morgan fingerprint density at radius 2 is 1.90 bits per heavy atom. The summed E-state index contributed by atoms with van der Waals surface area (Å²) >= 11 is 0. The molecule has 0 saturated heterocycles. The van der Waals surface area contributed by atoms with Gasteiger partial charge in [-0.15, -0.1) is 0 Å². The molecule has 7 heteroatoms. The van der Waals surface area contributed by atoms with Crippen molar-refractivity contribution >= 4 is 11.9 Å². The fourth-order valence-corrected chi connectivity index (χ4v) is 2.70. The van der Waals surface area contributed by atoms with Gasteiger partial charge in [0.25, 0.3) is 5.91 Å². The Balaban J connectivity index is 1.39. The van der Waals surface area contributed by atoms with Crippen LogP contribution in [0.4, 0.5) is 4.39 Å². The molecule has 0 aliphatic carbocycles. The second kappa shape index (κ2) is 9.82. The number of hydrogen-bond donors (Lipinski definition) is 1. The van der Waals surface area contributed by atoms with Crippen LogP contribution in [0.5, 0.6) is 0 Å². The normalized spacial score (nSPS) is 10.6. The lowest BCUT2D eigenvalue weighted by Gasteiger charge is -2.07. The molecular formula is C23H23FN2O4. The largest absolute Gasteiger partial charge is 0.456 e. The number of rotatable bonds is 8. The lowest BCUT2D eigenvalue weighted by molar-refractivity contribution is -0.148. The zero-order chi connectivity index (χ0) is 21.5. The van der Waals surface area contributed by atoms with Crippen LogP contribution in [0.25, 0.3) is 11.3 Å². The molecule has 0 aliphatic heterocycles. The number of amides is 1. The van der Waals surface area contributed by atoms with Crippen molar-refractivity contribution in [2.75, 3.05) is 6.61 Å². The first-order valence-corrected chi connectivity index (χ1v) is 9.60. The molecule has 1 N–H and O–H groups in total. The molecule has 0 fully saturated rings. The molecule has 1 aromatic heterocycles. The van der Waals surface area contributed by atoms with E-state index in [1.165, 1.54) is 6.07 Å². The van der Waals surface area contributed by atoms with E-state index in [0.717, 1.165) is 11.1 Å². The number of aryl methyl sites for hydroxylation is 3. The van der Waals surface area contributed by atoms with Crippen molar-refractivity contribution in [3.8, 4) is 11.3 Å². The third-order valence-corrected chi connectivity index (χ3v) is 4.52. The minimum Gasteiger partial charge on any atom is -0.456 e. The van der Waals surface area contributed by atoms with E-state index in [1.807, 2.05) is 31.2 Å². The summed E-state index contributed by atoms with van der Waals surface area (Å²) in [6, 6.07) is 12.6. The van der Waals surface area contributed by atoms with Gasteiger partial charge in [0, 0.05) is 18.5 Å². The highest BCUT2D eigenvalue weighted by Gasteiger charge is 2.12. The van der Waals surface area contributed by atoms with Crippen molar-refractivity contribution in [3.63, 3.8) is 0 Å². The molecule has 3 rings (SSSR count). The van der Waals surface area contributed by atoms with E-state index in [1.54, 1.807) is 25.3 Å². The summed E-state index contributed by atoms with van der Waals surface area (Å²) < 4.78 is 24.1. The molecule has 3 aromatic rings. The van der Waals surface area contributed by atoms with Crippen molar-refractivity contribution in [2.24, 2.45) is 0 Å². The molecule has 1 amide bonds. The van der Waals surface area contributed by atoms with Crippen LogP contribution in [0, 0.1) is 19.7 Å². The summed E-state index contributed by atoms with van der Waals surface area (Å²) in [4.78, 5) is 27.9. The smallest absolute Gasteiger partial charge is 0.306 e. The Hall–Kier alpha value is -3.48. The third kappa shape index (κ3) is 6.01. The molecule has 6 nitrogen and oxygen atoms in total. The van der Waals surface area contributed by atoms with E-state index in [9.17, 15) is 14.0 Å². The van der Waals surface area contributed by atoms with Gasteiger partial charge < -0.3 is 14.5 Å². The summed E-state index contributed by atoms with van der Waals surface area (Å²) in [6.45, 7) is 3.43. The molecule has 0 bridgehead atoms. The molecule has 0 aliphatic rings. The predicted molar refractivity (Wildman–Crippen MR) is 109 cm³/mol. The minimum atomic E-state index is -0.526. The maximum Gasteiger partial charge on any atom is 0.306 e. The van der Waals surface area contributed by atoms with Crippen LogP contribution in [0.1, 0.15) is 29.0 Å². The van der Waals surface area contributed by atoms with Gasteiger partial charge in [-0.05, 0) is 31.0 Å². The summed E-state index contributed by atoms with van der Waals surface area (Å²) in [5, 5.41) is 2.59. The van der Waals surface area contributed by atoms with E-state index in [4.69, 9.17) is 9.15 Å². The van der Waals surface area contributed by atoms with Gasteiger partial charge in [-0.3, -0.25) is 9.59 Å². The van der Waals surface area contributed by atoms with Gasteiger partial charge in [-0.2, -0.15) is 0 Å². The van der Waals surface area contributed by atoms with Gasteiger partial charge in [0.2, 0.25) is 0 Å². The summed E-state index contributed by atoms with van der Waals surface area (Å²) in [5.74, 6) is -0.257. The summed E-state index contributed by atoms with van der Waals surface area (Å²) in [5.41, 5.74) is 3.23. The van der Waals surface area contributed by atoms with Crippen LogP contribution in [0.3, 0.4) is 0 Å². The van der Waals surface area contributed by atoms with Crippen molar-refractivity contribution in [1.29, 1.82) is 0 Å². The Morgan fingerprint density at radius 3 is 2.63 bits per heavy atom. The molecule has 2 aromatic carbocycles. The van der Waals surface area contributed by atoms with Crippen molar-refractivity contribution in [1.82, 2.24) is 10.3 Å². The van der Waals surface area contributed by atoms with Crippen LogP contribution >= 0.6 is 0 Å². The Kier molecular flexibility index (Phi) is 6.95. The van der Waals surface area contributed by atoms with Crippen LogP contribution < -0.4 is 5.32 Å². The topological polar surface area (TPSA) is 81.4 Å². The van der Waals surface area contributed by atoms with Crippen LogP contribution in [0.2, 0.25) is 0 Å². The molecule has 0 atom stereocenters. The molecule has 0 radical (unpaired) electrons. The van der Waals surface area contributed by atoms with E-state index in [-0.39, 0.29) is 25.2 Å². The van der Waals surface area contributed by atoms with Crippen molar-refractivity contribution in [2.45, 2.75) is 33.2 Å². The Bertz CT molecular complexity index is 1030. The number of oxazole rings is 1. The second-order valence-corrected chi connectivity index (χ2v) is 7.01. The van der Waals surface area contributed by atoms with Gasteiger partial charge in [0.15, 0.2) is 18.3 Å². The fourth-order valence-electron chi connectivity index (χ4n) is 2.70. The van der Waals surface area contributed by atoms with Gasteiger partial charge in [-0.1, -0.05) is 42.0 Å². The van der Waals surface area contributed by atoms with Crippen LogP contribution in [-0.4, -0.2) is 23.5 Å². The Labute approximate surface area is 174 Å². The molecule has 156 valence electrons. The molecule has 0 unspecified atom stereocenters. The highest BCUT2D eigenvalue weighted by atomic mass is 19.1. The lowest BCUT2D eigenvalue weighted by Crippen LogP contribution is -2.28. The number of ether oxygens (including phenoxy) is 1. The van der Waals surface area contributed by atoms with Gasteiger partial charge in [-0.25, -0.2) is 9.37 Å².